The average molecular weight is 339 g/mol. The van der Waals surface area contributed by atoms with E-state index < -0.39 is 6.03 Å². The molecule has 0 saturated carbocycles. The van der Waals surface area contributed by atoms with Crippen LogP contribution >= 0.6 is 11.6 Å². The van der Waals surface area contributed by atoms with E-state index >= 15 is 0 Å². The minimum atomic E-state index is -0.424. The van der Waals surface area contributed by atoms with Gasteiger partial charge in [0.2, 0.25) is 5.91 Å². The summed E-state index contributed by atoms with van der Waals surface area (Å²) in [4.78, 5) is 27.5. The summed E-state index contributed by atoms with van der Waals surface area (Å²) >= 11 is 6.21. The first kappa shape index (κ1) is 17.6. The fourth-order valence-electron chi connectivity index (χ4n) is 2.51. The van der Waals surface area contributed by atoms with Crippen LogP contribution in [0.5, 0.6) is 0 Å². The van der Waals surface area contributed by atoms with Gasteiger partial charge in [-0.2, -0.15) is 0 Å². The molecule has 1 aromatic carbocycles. The maximum absolute atomic E-state index is 11.8. The Morgan fingerprint density at radius 1 is 1.17 bits per heavy atom. The Balaban J connectivity index is 1.75. The van der Waals surface area contributed by atoms with E-state index in [1.54, 1.807) is 0 Å². The van der Waals surface area contributed by atoms with E-state index in [2.05, 4.69) is 15.5 Å². The number of piperazine rings is 1. The first-order chi connectivity index (χ1) is 11.1. The Kier molecular flexibility index (Phi) is 6.67. The number of nitrogens with zero attached hydrogens (tertiary/aromatic N) is 2. The van der Waals surface area contributed by atoms with Gasteiger partial charge in [-0.05, 0) is 18.6 Å². The van der Waals surface area contributed by atoms with E-state index in [9.17, 15) is 9.59 Å². The molecule has 2 N–H and O–H groups in total. The van der Waals surface area contributed by atoms with E-state index in [0.717, 1.165) is 43.3 Å². The first-order valence-electron chi connectivity index (χ1n) is 7.89. The molecule has 6 nitrogen and oxygen atoms in total. The minimum absolute atomic E-state index is 0.232. The summed E-state index contributed by atoms with van der Waals surface area (Å²) in [5.74, 6) is -0.273. The maximum Gasteiger partial charge on any atom is 0.321 e. The number of halogens is 1. The molecule has 1 aliphatic rings. The molecule has 1 aliphatic heterocycles. The fourth-order valence-corrected chi connectivity index (χ4v) is 2.76. The molecule has 0 radical (unpaired) electrons. The van der Waals surface area contributed by atoms with Crippen molar-refractivity contribution in [1.29, 1.82) is 0 Å². The lowest BCUT2D eigenvalue weighted by atomic mass is 10.2. The van der Waals surface area contributed by atoms with Crippen LogP contribution < -0.4 is 15.5 Å². The number of nitrogens with one attached hydrogen (secondary N) is 2. The van der Waals surface area contributed by atoms with Gasteiger partial charge in [0.05, 0.1) is 17.3 Å². The molecule has 0 aliphatic carbocycles. The number of para-hydroxylation sites is 1. The largest absolute Gasteiger partial charge is 0.368 e. The van der Waals surface area contributed by atoms with Gasteiger partial charge >= 0.3 is 6.03 Å². The summed E-state index contributed by atoms with van der Waals surface area (Å²) in [5.41, 5.74) is 1.03. The second-order valence-corrected chi connectivity index (χ2v) is 5.93. The molecule has 0 unspecified atom stereocenters. The number of benzene rings is 1. The molecule has 0 bridgehead atoms. The number of anilines is 1. The van der Waals surface area contributed by atoms with Crippen LogP contribution in [0.15, 0.2) is 24.3 Å². The zero-order chi connectivity index (χ0) is 16.7. The molecule has 0 aromatic heterocycles. The van der Waals surface area contributed by atoms with Gasteiger partial charge in [0.1, 0.15) is 0 Å². The topological polar surface area (TPSA) is 64.7 Å². The summed E-state index contributed by atoms with van der Waals surface area (Å²) in [7, 11) is 0. The third-order valence-corrected chi connectivity index (χ3v) is 4.04. The third kappa shape index (κ3) is 5.41. The molecule has 1 fully saturated rings. The van der Waals surface area contributed by atoms with Crippen LogP contribution in [0, 0.1) is 0 Å². The molecule has 1 aromatic rings. The van der Waals surface area contributed by atoms with Crippen LogP contribution in [0.4, 0.5) is 10.5 Å². The number of rotatable bonds is 5. The highest BCUT2D eigenvalue weighted by Gasteiger charge is 2.20. The van der Waals surface area contributed by atoms with Crippen molar-refractivity contribution in [3.05, 3.63) is 29.3 Å². The number of urea groups is 1. The van der Waals surface area contributed by atoms with E-state index in [-0.39, 0.29) is 12.5 Å². The molecular weight excluding hydrogens is 316 g/mol. The lowest BCUT2D eigenvalue weighted by Crippen LogP contribution is -2.51. The number of hydrogen-bond donors (Lipinski definition) is 2. The molecule has 126 valence electrons. The van der Waals surface area contributed by atoms with Crippen molar-refractivity contribution in [1.82, 2.24) is 15.5 Å². The number of carbonyl (C=O) groups excluding carboxylic acids is 2. The van der Waals surface area contributed by atoms with Crippen LogP contribution in [0.3, 0.4) is 0 Å². The highest BCUT2D eigenvalue weighted by atomic mass is 35.5. The van der Waals surface area contributed by atoms with E-state index in [0.29, 0.717) is 6.54 Å². The summed E-state index contributed by atoms with van der Waals surface area (Å²) in [6.07, 6.45) is 0.839. The molecule has 3 amide bonds. The Bertz CT molecular complexity index is 545. The zero-order valence-electron chi connectivity index (χ0n) is 13.3. The Labute approximate surface area is 141 Å². The van der Waals surface area contributed by atoms with Gasteiger partial charge < -0.3 is 10.2 Å². The summed E-state index contributed by atoms with van der Waals surface area (Å²) in [6, 6.07) is 7.34. The van der Waals surface area contributed by atoms with Gasteiger partial charge in [-0.3, -0.25) is 15.0 Å². The van der Waals surface area contributed by atoms with Gasteiger partial charge in [-0.15, -0.1) is 0 Å². The maximum atomic E-state index is 11.8. The number of hydrogen-bond acceptors (Lipinski definition) is 4. The van der Waals surface area contributed by atoms with E-state index in [1.807, 2.05) is 36.1 Å². The quantitative estimate of drug-likeness (QED) is 0.857. The lowest BCUT2D eigenvalue weighted by molar-refractivity contribution is -0.121. The van der Waals surface area contributed by atoms with Crippen molar-refractivity contribution in [3.8, 4) is 0 Å². The Morgan fingerprint density at radius 3 is 2.52 bits per heavy atom. The van der Waals surface area contributed by atoms with Crippen LogP contribution in [0.1, 0.15) is 13.3 Å². The number of carbonyl (C=O) groups is 2. The smallest absolute Gasteiger partial charge is 0.321 e. The average Bonchev–Trinajstić information content (AvgIpc) is 2.54. The molecule has 0 atom stereocenters. The number of imide groups is 1. The minimum Gasteiger partial charge on any atom is -0.368 e. The monoisotopic (exact) mass is 338 g/mol. The highest BCUT2D eigenvalue weighted by molar-refractivity contribution is 6.33. The van der Waals surface area contributed by atoms with Gasteiger partial charge in [0.25, 0.3) is 0 Å². The lowest BCUT2D eigenvalue weighted by Gasteiger charge is -2.36. The van der Waals surface area contributed by atoms with Crippen molar-refractivity contribution >= 4 is 29.2 Å². The first-order valence-corrected chi connectivity index (χ1v) is 8.27. The molecule has 2 rings (SSSR count). The van der Waals surface area contributed by atoms with E-state index in [4.69, 9.17) is 11.6 Å². The van der Waals surface area contributed by atoms with Crippen molar-refractivity contribution in [2.24, 2.45) is 0 Å². The van der Waals surface area contributed by atoms with Gasteiger partial charge in [0.15, 0.2) is 0 Å². The Hall–Kier alpha value is -1.79. The van der Waals surface area contributed by atoms with E-state index in [1.165, 1.54) is 0 Å². The summed E-state index contributed by atoms with van der Waals surface area (Å²) in [5, 5.41) is 5.71. The molecule has 1 saturated heterocycles. The molecule has 0 spiro atoms. The molecular formula is C16H23ClN4O2. The predicted molar refractivity (Wildman–Crippen MR) is 91.9 cm³/mol. The van der Waals surface area contributed by atoms with Crippen LogP contribution in [0.25, 0.3) is 0 Å². The second kappa shape index (κ2) is 8.74. The van der Waals surface area contributed by atoms with Crippen LogP contribution in [0.2, 0.25) is 5.02 Å². The standard InChI is InChI=1S/C16H23ClN4O2/c1-2-7-18-16(23)19-15(22)12-20-8-10-21(11-9-20)14-6-4-3-5-13(14)17/h3-6H,2,7-12H2,1H3,(H2,18,19,22,23). The molecule has 23 heavy (non-hydrogen) atoms. The van der Waals surface area contributed by atoms with Crippen LogP contribution in [-0.4, -0.2) is 56.1 Å². The zero-order valence-corrected chi connectivity index (χ0v) is 14.1. The highest BCUT2D eigenvalue weighted by Crippen LogP contribution is 2.25. The molecule has 1 heterocycles. The van der Waals surface area contributed by atoms with Crippen molar-refractivity contribution in [2.45, 2.75) is 13.3 Å². The number of amides is 3. The van der Waals surface area contributed by atoms with Gasteiger partial charge in [-0.25, -0.2) is 4.79 Å². The third-order valence-electron chi connectivity index (χ3n) is 3.72. The normalized spacial score (nSPS) is 15.3. The van der Waals surface area contributed by atoms with Crippen molar-refractivity contribution < 1.29 is 9.59 Å². The fraction of sp³-hybridized carbons (Fsp3) is 0.500. The summed E-state index contributed by atoms with van der Waals surface area (Å²) in [6.45, 7) is 5.88. The second-order valence-electron chi connectivity index (χ2n) is 5.52. The van der Waals surface area contributed by atoms with Crippen molar-refractivity contribution in [3.63, 3.8) is 0 Å². The SMILES string of the molecule is CCCNC(=O)NC(=O)CN1CCN(c2ccccc2Cl)CC1. The van der Waals surface area contributed by atoms with Gasteiger partial charge in [0, 0.05) is 32.7 Å². The summed E-state index contributed by atoms with van der Waals surface area (Å²) < 4.78 is 0. The van der Waals surface area contributed by atoms with Crippen molar-refractivity contribution in [2.75, 3.05) is 44.2 Å². The van der Waals surface area contributed by atoms with Crippen LogP contribution in [-0.2, 0) is 4.79 Å². The predicted octanol–water partition coefficient (Wildman–Crippen LogP) is 1.70. The van der Waals surface area contributed by atoms with Gasteiger partial charge in [-0.1, -0.05) is 30.7 Å². The molecule has 7 heteroatoms. The Morgan fingerprint density at radius 2 is 1.87 bits per heavy atom.